The average Bonchev–Trinajstić information content (AvgIpc) is 4.13. The normalized spacial score (nSPS) is 17.7. The highest BCUT2D eigenvalue weighted by Crippen LogP contribution is 2.41. The quantitative estimate of drug-likeness (QED) is 0.0605. The number of ether oxygens (including phenoxy) is 2. The third-order valence-corrected chi connectivity index (χ3v) is 11.6. The van der Waals surface area contributed by atoms with Gasteiger partial charge in [-0.25, -0.2) is 0 Å². The summed E-state index contributed by atoms with van der Waals surface area (Å²) in [5.41, 5.74) is 22.1. The number of likely N-dealkylation sites (N-methyl/N-ethyl adjacent to an activating group) is 1. The van der Waals surface area contributed by atoms with Crippen LogP contribution in [0.2, 0.25) is 0 Å². The number of benzene rings is 3. The van der Waals surface area contributed by atoms with Crippen molar-refractivity contribution in [3.05, 3.63) is 82.4 Å². The van der Waals surface area contributed by atoms with Gasteiger partial charge in [0.1, 0.15) is 55.4 Å². The lowest BCUT2D eigenvalue weighted by Gasteiger charge is -2.33. The predicted octanol–water partition coefficient (Wildman–Crippen LogP) is 3.07. The van der Waals surface area contributed by atoms with Crippen LogP contribution in [0.4, 0.5) is 0 Å². The van der Waals surface area contributed by atoms with Crippen molar-refractivity contribution in [1.82, 2.24) is 26.2 Å². The van der Waals surface area contributed by atoms with E-state index in [0.717, 1.165) is 30.4 Å². The van der Waals surface area contributed by atoms with E-state index in [9.17, 15) is 29.2 Å². The average molecular weight is 880 g/mol. The fourth-order valence-electron chi connectivity index (χ4n) is 8.10. The second kappa shape index (κ2) is 24.2. The number of fused-ring (bicyclic) bond motifs is 5. The zero-order valence-electron chi connectivity index (χ0n) is 37.4. The molecule has 4 bridgehead atoms. The second-order valence-electron chi connectivity index (χ2n) is 16.6. The summed E-state index contributed by atoms with van der Waals surface area (Å²) < 4.78 is 12.3. The number of nitriles is 1. The molecule has 0 aromatic heterocycles. The maximum atomic E-state index is 14.9. The number of amides is 5. The summed E-state index contributed by atoms with van der Waals surface area (Å²) in [6.07, 6.45) is 8.11. The highest BCUT2D eigenvalue weighted by Gasteiger charge is 2.42. The number of aryl methyl sites for hydroxylation is 2. The van der Waals surface area contributed by atoms with Crippen LogP contribution in [0.5, 0.6) is 11.5 Å². The topological polar surface area (TPSA) is 257 Å². The van der Waals surface area contributed by atoms with E-state index in [1.54, 1.807) is 42.5 Å². The molecule has 16 nitrogen and oxygen atoms in total. The van der Waals surface area contributed by atoms with Crippen molar-refractivity contribution in [3.8, 4) is 28.7 Å². The van der Waals surface area contributed by atoms with Crippen molar-refractivity contribution in [2.24, 2.45) is 23.1 Å². The smallest absolute Gasteiger partial charge is 0.252 e. The number of nitrogens with one attached hydrogen (secondary N) is 4. The van der Waals surface area contributed by atoms with Gasteiger partial charge < -0.3 is 52.8 Å². The van der Waals surface area contributed by atoms with Crippen LogP contribution in [0.1, 0.15) is 96.9 Å². The number of hydrogen-bond acceptors (Lipinski definition) is 11. The fourth-order valence-corrected chi connectivity index (χ4v) is 8.10. The van der Waals surface area contributed by atoms with Crippen LogP contribution in [-0.4, -0.2) is 99.0 Å². The zero-order chi connectivity index (χ0) is 46.2. The molecule has 1 saturated carbocycles. The van der Waals surface area contributed by atoms with Gasteiger partial charge in [0.25, 0.3) is 5.91 Å². The first-order chi connectivity index (χ1) is 30.9. The summed E-state index contributed by atoms with van der Waals surface area (Å²) in [6, 6.07) is 13.4. The maximum Gasteiger partial charge on any atom is 0.252 e. The molecule has 3 aromatic rings. The number of unbranched alkanes of at least 4 members (excludes halogenated alkanes) is 4. The van der Waals surface area contributed by atoms with Crippen LogP contribution in [0.25, 0.3) is 11.1 Å². The summed E-state index contributed by atoms with van der Waals surface area (Å²) in [7, 11) is 1.47. The van der Waals surface area contributed by atoms with Crippen LogP contribution in [-0.2, 0) is 32.0 Å². The molecule has 1 heterocycles. The van der Waals surface area contributed by atoms with Gasteiger partial charge in [0.15, 0.2) is 0 Å². The standard InChI is InChI=1S/C48H65N9O7/c1-4-5-6-7-8-9-31-10-15-35(30(2)26-31)44(58)54-38(18-19-49)48(62)57(3)43-34-14-17-41(64-25-22-52)37(29-34)36-27-32(11-16-40(36)63-24-21-51)28-39(45(59)53-23-20-50)55-46(60)42(33-12-13-33)56-47(43)61/h10-11,14-17,26-27,29,33,38-39,42-43H,4-9,12-13,18-19,21-25,28,49,51-52H2,1-3H3,(H,53,59)(H,54,58)(H,55,60)(H,56,61)/t38-,39-,42-,43-/m0/s1. The minimum Gasteiger partial charge on any atom is -0.492 e. The molecule has 3 aromatic carbocycles. The summed E-state index contributed by atoms with van der Waals surface area (Å²) in [5.74, 6) is -2.26. The van der Waals surface area contributed by atoms with Gasteiger partial charge in [-0.2, -0.15) is 5.26 Å². The summed E-state index contributed by atoms with van der Waals surface area (Å²) in [5, 5.41) is 20.4. The molecule has 5 rings (SSSR count). The van der Waals surface area contributed by atoms with Crippen molar-refractivity contribution in [2.75, 3.05) is 46.4 Å². The first-order valence-corrected chi connectivity index (χ1v) is 22.5. The van der Waals surface area contributed by atoms with E-state index in [4.69, 9.17) is 26.7 Å². The molecular weight excluding hydrogens is 815 g/mol. The van der Waals surface area contributed by atoms with E-state index in [1.165, 1.54) is 31.2 Å². The maximum absolute atomic E-state index is 14.9. The van der Waals surface area contributed by atoms with Crippen LogP contribution < -0.4 is 47.9 Å². The van der Waals surface area contributed by atoms with Crippen LogP contribution in [0.15, 0.2) is 54.6 Å². The molecule has 0 spiro atoms. The Morgan fingerprint density at radius 1 is 0.875 bits per heavy atom. The Hall–Kier alpha value is -6.02. The molecule has 0 unspecified atom stereocenters. The number of carbonyl (C=O) groups excluding carboxylic acids is 5. The number of nitrogens with zero attached hydrogens (tertiary/aromatic N) is 2. The monoisotopic (exact) mass is 880 g/mol. The Bertz CT molecular complexity index is 2150. The first-order valence-electron chi connectivity index (χ1n) is 22.5. The number of rotatable bonds is 21. The fraction of sp³-hybridized carbons (Fsp3) is 0.500. The Kier molecular flexibility index (Phi) is 18.5. The molecule has 2 aliphatic rings. The van der Waals surface area contributed by atoms with Gasteiger partial charge in [0, 0.05) is 43.2 Å². The van der Waals surface area contributed by atoms with E-state index in [0.29, 0.717) is 52.2 Å². The molecule has 0 saturated heterocycles. The molecule has 4 atom stereocenters. The molecule has 64 heavy (non-hydrogen) atoms. The molecular formula is C48H65N9O7. The highest BCUT2D eigenvalue weighted by atomic mass is 16.5. The van der Waals surface area contributed by atoms with Gasteiger partial charge in [-0.15, -0.1) is 0 Å². The van der Waals surface area contributed by atoms with Gasteiger partial charge in [-0.1, -0.05) is 56.9 Å². The Balaban J connectivity index is 1.57. The molecule has 344 valence electrons. The van der Waals surface area contributed by atoms with E-state index in [-0.39, 0.29) is 58.2 Å². The van der Waals surface area contributed by atoms with Crippen molar-refractivity contribution < 1.29 is 33.4 Å². The van der Waals surface area contributed by atoms with Crippen molar-refractivity contribution in [3.63, 3.8) is 0 Å². The zero-order valence-corrected chi connectivity index (χ0v) is 37.4. The van der Waals surface area contributed by atoms with Gasteiger partial charge in [-0.3, -0.25) is 24.0 Å². The Morgan fingerprint density at radius 2 is 1.56 bits per heavy atom. The van der Waals surface area contributed by atoms with Gasteiger partial charge in [0.05, 0.1) is 6.07 Å². The summed E-state index contributed by atoms with van der Waals surface area (Å²) in [4.78, 5) is 72.4. The Labute approximate surface area is 376 Å². The van der Waals surface area contributed by atoms with Gasteiger partial charge in [-0.05, 0) is 104 Å². The minimum absolute atomic E-state index is 0.0358. The lowest BCUT2D eigenvalue weighted by Crippen LogP contribution is -2.57. The third kappa shape index (κ3) is 13.0. The minimum atomic E-state index is -1.34. The molecule has 5 amide bonds. The molecule has 10 N–H and O–H groups in total. The highest BCUT2D eigenvalue weighted by molar-refractivity contribution is 6.00. The molecule has 16 heteroatoms. The molecule has 1 aliphatic carbocycles. The Morgan fingerprint density at radius 3 is 2.20 bits per heavy atom. The number of carbonyl (C=O) groups is 5. The van der Waals surface area contributed by atoms with E-state index in [1.807, 2.05) is 25.1 Å². The van der Waals surface area contributed by atoms with Crippen LogP contribution in [0.3, 0.4) is 0 Å². The number of nitrogens with two attached hydrogens (primary N) is 3. The van der Waals surface area contributed by atoms with Gasteiger partial charge in [0.2, 0.25) is 23.6 Å². The third-order valence-electron chi connectivity index (χ3n) is 11.6. The number of hydrogen-bond donors (Lipinski definition) is 7. The van der Waals surface area contributed by atoms with Crippen molar-refractivity contribution in [1.29, 1.82) is 5.26 Å². The van der Waals surface area contributed by atoms with E-state index in [2.05, 4.69) is 28.2 Å². The first kappa shape index (κ1) is 49.0. The molecule has 1 fully saturated rings. The van der Waals surface area contributed by atoms with Crippen molar-refractivity contribution in [2.45, 2.75) is 102 Å². The summed E-state index contributed by atoms with van der Waals surface area (Å²) in [6.45, 7) is 4.59. The van der Waals surface area contributed by atoms with E-state index < -0.39 is 53.7 Å². The van der Waals surface area contributed by atoms with Crippen LogP contribution in [0, 0.1) is 24.2 Å². The summed E-state index contributed by atoms with van der Waals surface area (Å²) >= 11 is 0. The lowest BCUT2D eigenvalue weighted by molar-refractivity contribution is -0.142. The second-order valence-corrected chi connectivity index (χ2v) is 16.6. The SMILES string of the molecule is CCCCCCCc1ccc(C(=O)N[C@@H](CCN)C(=O)N(C)[C@@H]2C(=O)N[C@@H](C3CC3)C(=O)N[C@H](C(=O)NCC#N)Cc3ccc(OCCN)c(c3)-c3cc2ccc3OCCN)c(C)c1. The molecule has 0 radical (unpaired) electrons. The van der Waals surface area contributed by atoms with Gasteiger partial charge >= 0.3 is 0 Å². The molecule has 1 aliphatic heterocycles. The van der Waals surface area contributed by atoms with Crippen molar-refractivity contribution >= 4 is 29.5 Å². The predicted molar refractivity (Wildman–Crippen MR) is 244 cm³/mol. The lowest BCUT2D eigenvalue weighted by atomic mass is 9.93. The van der Waals surface area contributed by atoms with Crippen LogP contribution >= 0.6 is 0 Å². The van der Waals surface area contributed by atoms with E-state index >= 15 is 0 Å². The largest absolute Gasteiger partial charge is 0.492 e.